The van der Waals surface area contributed by atoms with Gasteiger partial charge in [0.1, 0.15) is 0 Å². The molecule has 16 heavy (non-hydrogen) atoms. The van der Waals surface area contributed by atoms with Crippen LogP contribution < -0.4 is 10.9 Å². The predicted molar refractivity (Wildman–Crippen MR) is 60.4 cm³/mol. The third-order valence-corrected chi connectivity index (χ3v) is 2.68. The summed E-state index contributed by atoms with van der Waals surface area (Å²) in [5, 5.41) is 3.27. The molecule has 1 fully saturated rings. The molecule has 0 bridgehead atoms. The first-order valence-electron chi connectivity index (χ1n) is 5.38. The van der Waals surface area contributed by atoms with Crippen LogP contribution in [0.5, 0.6) is 0 Å². The van der Waals surface area contributed by atoms with Crippen LogP contribution in [0, 0.1) is 0 Å². The number of amides is 1. The number of aromatic nitrogens is 1. The molecule has 1 aromatic heterocycles. The average Bonchev–Trinajstić information content (AvgIpc) is 2.28. The van der Waals surface area contributed by atoms with E-state index in [0.717, 1.165) is 6.54 Å². The van der Waals surface area contributed by atoms with Crippen molar-refractivity contribution < 1.29 is 4.79 Å². The van der Waals surface area contributed by atoms with E-state index in [4.69, 9.17) is 0 Å². The van der Waals surface area contributed by atoms with Crippen LogP contribution in [0.4, 0.5) is 0 Å². The number of pyridine rings is 1. The van der Waals surface area contributed by atoms with E-state index in [2.05, 4.69) is 10.3 Å². The fourth-order valence-corrected chi connectivity index (χ4v) is 1.88. The zero-order valence-corrected chi connectivity index (χ0v) is 9.19. The van der Waals surface area contributed by atoms with Crippen molar-refractivity contribution in [1.82, 2.24) is 15.2 Å². The van der Waals surface area contributed by atoms with Crippen LogP contribution in [0.25, 0.3) is 0 Å². The van der Waals surface area contributed by atoms with Crippen LogP contribution in [0.15, 0.2) is 23.1 Å². The summed E-state index contributed by atoms with van der Waals surface area (Å²) in [5.41, 5.74) is 0.215. The minimum Gasteiger partial charge on any atom is -0.336 e. The second-order valence-electron chi connectivity index (χ2n) is 4.05. The minimum absolute atomic E-state index is 0.0700. The molecule has 1 aliphatic rings. The molecule has 1 amide bonds. The van der Waals surface area contributed by atoms with Crippen LogP contribution in [-0.2, 0) is 0 Å². The van der Waals surface area contributed by atoms with Gasteiger partial charge in [0, 0.05) is 43.5 Å². The third-order valence-electron chi connectivity index (χ3n) is 2.68. The van der Waals surface area contributed by atoms with E-state index < -0.39 is 0 Å². The Labute approximate surface area is 93.5 Å². The van der Waals surface area contributed by atoms with Crippen molar-refractivity contribution in [3.8, 4) is 0 Å². The van der Waals surface area contributed by atoms with E-state index in [1.54, 1.807) is 11.0 Å². The fraction of sp³-hybridized carbons (Fsp3) is 0.455. The van der Waals surface area contributed by atoms with Crippen molar-refractivity contribution >= 4 is 5.91 Å². The van der Waals surface area contributed by atoms with Crippen LogP contribution in [0.1, 0.15) is 17.3 Å². The number of hydrogen-bond acceptors (Lipinski definition) is 3. The van der Waals surface area contributed by atoms with E-state index in [9.17, 15) is 9.59 Å². The van der Waals surface area contributed by atoms with Crippen LogP contribution in [0.2, 0.25) is 0 Å². The lowest BCUT2D eigenvalue weighted by molar-refractivity contribution is 0.0709. The highest BCUT2D eigenvalue weighted by atomic mass is 16.2. The molecule has 2 heterocycles. The molecular weight excluding hydrogens is 206 g/mol. The molecule has 2 rings (SSSR count). The number of nitrogens with one attached hydrogen (secondary N) is 2. The van der Waals surface area contributed by atoms with E-state index in [1.807, 2.05) is 6.92 Å². The highest BCUT2D eigenvalue weighted by Gasteiger charge is 2.21. The Hall–Kier alpha value is -1.62. The van der Waals surface area contributed by atoms with Crippen molar-refractivity contribution in [1.29, 1.82) is 0 Å². The lowest BCUT2D eigenvalue weighted by Gasteiger charge is -2.31. The molecule has 0 spiro atoms. The lowest BCUT2D eigenvalue weighted by Crippen LogP contribution is -2.51. The van der Waals surface area contributed by atoms with Gasteiger partial charge in [-0.3, -0.25) is 9.59 Å². The summed E-state index contributed by atoms with van der Waals surface area (Å²) >= 11 is 0. The molecule has 1 atom stereocenters. The van der Waals surface area contributed by atoms with Crippen molar-refractivity contribution in [2.75, 3.05) is 19.6 Å². The first-order chi connectivity index (χ1) is 7.66. The minimum atomic E-state index is -0.242. The number of carbonyl (C=O) groups is 1. The Morgan fingerprint density at radius 1 is 1.56 bits per heavy atom. The Morgan fingerprint density at radius 2 is 2.38 bits per heavy atom. The number of H-pyrrole nitrogens is 1. The van der Waals surface area contributed by atoms with Gasteiger partial charge in [0.15, 0.2) is 0 Å². The molecule has 2 N–H and O–H groups in total. The van der Waals surface area contributed by atoms with Crippen molar-refractivity contribution in [2.24, 2.45) is 0 Å². The smallest absolute Gasteiger partial charge is 0.254 e. The van der Waals surface area contributed by atoms with Gasteiger partial charge < -0.3 is 15.2 Å². The van der Waals surface area contributed by atoms with Crippen molar-refractivity contribution in [3.63, 3.8) is 0 Å². The molecule has 5 nitrogen and oxygen atoms in total. The molecule has 1 aliphatic heterocycles. The summed E-state index contributed by atoms with van der Waals surface area (Å²) < 4.78 is 0. The Balaban J connectivity index is 2.15. The van der Waals surface area contributed by atoms with E-state index in [0.29, 0.717) is 24.7 Å². The van der Waals surface area contributed by atoms with E-state index in [1.165, 1.54) is 12.3 Å². The van der Waals surface area contributed by atoms with Gasteiger partial charge in [-0.2, -0.15) is 0 Å². The Bertz CT molecular complexity index is 441. The Morgan fingerprint density at radius 3 is 3.06 bits per heavy atom. The third kappa shape index (κ3) is 2.30. The molecule has 5 heteroatoms. The highest BCUT2D eigenvalue weighted by molar-refractivity contribution is 5.94. The summed E-state index contributed by atoms with van der Waals surface area (Å²) in [5.74, 6) is -0.0700. The van der Waals surface area contributed by atoms with Crippen LogP contribution in [-0.4, -0.2) is 41.5 Å². The zero-order chi connectivity index (χ0) is 11.5. The zero-order valence-electron chi connectivity index (χ0n) is 9.19. The molecule has 0 unspecified atom stereocenters. The van der Waals surface area contributed by atoms with Crippen LogP contribution in [0.3, 0.4) is 0 Å². The van der Waals surface area contributed by atoms with Gasteiger partial charge in [-0.15, -0.1) is 0 Å². The fourth-order valence-electron chi connectivity index (χ4n) is 1.88. The topological polar surface area (TPSA) is 65.2 Å². The van der Waals surface area contributed by atoms with Gasteiger partial charge in [-0.1, -0.05) is 0 Å². The van der Waals surface area contributed by atoms with Gasteiger partial charge in [-0.05, 0) is 13.0 Å². The standard InChI is InChI=1S/C11H15N3O2/c1-8-7-14(5-4-12-8)11(16)9-2-3-13-10(15)6-9/h2-3,6,8,12H,4-5,7H2,1H3,(H,13,15)/t8-/m1/s1. The van der Waals surface area contributed by atoms with Gasteiger partial charge in [0.25, 0.3) is 5.91 Å². The van der Waals surface area contributed by atoms with Crippen molar-refractivity contribution in [2.45, 2.75) is 13.0 Å². The number of nitrogens with zero attached hydrogens (tertiary/aromatic N) is 1. The van der Waals surface area contributed by atoms with Gasteiger partial charge >= 0.3 is 0 Å². The van der Waals surface area contributed by atoms with E-state index >= 15 is 0 Å². The monoisotopic (exact) mass is 221 g/mol. The molecule has 0 radical (unpaired) electrons. The largest absolute Gasteiger partial charge is 0.336 e. The maximum absolute atomic E-state index is 12.0. The maximum Gasteiger partial charge on any atom is 0.254 e. The predicted octanol–water partition coefficient (Wildman–Crippen LogP) is -0.191. The first kappa shape index (κ1) is 10.9. The highest BCUT2D eigenvalue weighted by Crippen LogP contribution is 2.05. The van der Waals surface area contributed by atoms with Crippen molar-refractivity contribution in [3.05, 3.63) is 34.2 Å². The number of hydrogen-bond donors (Lipinski definition) is 2. The summed E-state index contributed by atoms with van der Waals surface area (Å²) in [6, 6.07) is 3.28. The molecule has 0 aliphatic carbocycles. The quantitative estimate of drug-likeness (QED) is 0.690. The van der Waals surface area contributed by atoms with E-state index in [-0.39, 0.29) is 11.5 Å². The molecule has 86 valence electrons. The average molecular weight is 221 g/mol. The second-order valence-corrected chi connectivity index (χ2v) is 4.05. The summed E-state index contributed by atoms with van der Waals surface area (Å²) in [7, 11) is 0. The summed E-state index contributed by atoms with van der Waals surface area (Å²) in [6.45, 7) is 4.22. The number of aromatic amines is 1. The van der Waals surface area contributed by atoms with Gasteiger partial charge in [-0.25, -0.2) is 0 Å². The summed E-state index contributed by atoms with van der Waals surface area (Å²) in [6.07, 6.45) is 1.50. The Kier molecular flexibility index (Phi) is 3.05. The lowest BCUT2D eigenvalue weighted by atomic mass is 10.2. The number of piperazine rings is 1. The normalized spacial score (nSPS) is 20.8. The van der Waals surface area contributed by atoms with Gasteiger partial charge in [0.2, 0.25) is 5.56 Å². The SMILES string of the molecule is C[C@@H]1CN(C(=O)c2cc[nH]c(=O)c2)CCN1. The second kappa shape index (κ2) is 4.49. The molecule has 1 saturated heterocycles. The van der Waals surface area contributed by atoms with Gasteiger partial charge in [0.05, 0.1) is 0 Å². The molecule has 0 aromatic carbocycles. The molecular formula is C11H15N3O2. The first-order valence-corrected chi connectivity index (χ1v) is 5.38. The molecule has 0 saturated carbocycles. The number of rotatable bonds is 1. The number of carbonyl (C=O) groups excluding carboxylic acids is 1. The summed E-state index contributed by atoms with van der Waals surface area (Å²) in [4.78, 5) is 27.4. The van der Waals surface area contributed by atoms with Crippen LogP contribution >= 0.6 is 0 Å². The maximum atomic E-state index is 12.0. The molecule has 1 aromatic rings.